The molecule has 0 spiro atoms. The van der Waals surface area contributed by atoms with E-state index in [1.54, 1.807) is 24.0 Å². The van der Waals surface area contributed by atoms with Gasteiger partial charge in [-0.25, -0.2) is 0 Å². The number of nitrogens with zero attached hydrogens (tertiary/aromatic N) is 5. The van der Waals surface area contributed by atoms with Gasteiger partial charge in [0.1, 0.15) is 0 Å². The van der Waals surface area contributed by atoms with Crippen LogP contribution >= 0.6 is 0 Å². The van der Waals surface area contributed by atoms with E-state index in [1.165, 1.54) is 10.6 Å². The highest BCUT2D eigenvalue weighted by atomic mass is 16.5. The minimum atomic E-state index is -0.0716. The summed E-state index contributed by atoms with van der Waals surface area (Å²) >= 11 is 0. The van der Waals surface area contributed by atoms with Crippen molar-refractivity contribution in [3.63, 3.8) is 0 Å². The van der Waals surface area contributed by atoms with Crippen LogP contribution in [-0.4, -0.2) is 24.5 Å². The van der Waals surface area contributed by atoms with E-state index in [2.05, 4.69) is 15.2 Å². The molecule has 0 unspecified atom stereocenters. The number of rotatable bonds is 4. The summed E-state index contributed by atoms with van der Waals surface area (Å²) in [4.78, 5) is 15.7. The van der Waals surface area contributed by atoms with E-state index in [1.807, 2.05) is 19.3 Å². The molecule has 0 bridgehead atoms. The van der Waals surface area contributed by atoms with Crippen molar-refractivity contribution in [2.24, 2.45) is 14.1 Å². The Morgan fingerprint density at radius 2 is 2.05 bits per heavy atom. The minimum Gasteiger partial charge on any atom is -0.339 e. The lowest BCUT2D eigenvalue weighted by molar-refractivity contribution is 0.378. The molecule has 3 heterocycles. The second-order valence-corrected chi connectivity index (χ2v) is 4.86. The maximum Gasteiger partial charge on any atom is 0.250 e. The monoisotopic (exact) mass is 285 g/mol. The number of pyridine rings is 1. The van der Waals surface area contributed by atoms with Crippen molar-refractivity contribution in [3.05, 3.63) is 52.5 Å². The van der Waals surface area contributed by atoms with E-state index in [9.17, 15) is 4.79 Å². The van der Waals surface area contributed by atoms with E-state index in [-0.39, 0.29) is 5.56 Å². The lowest BCUT2D eigenvalue weighted by Gasteiger charge is -1.97. The number of aromatic nitrogens is 5. The molecule has 0 aromatic carbocycles. The van der Waals surface area contributed by atoms with Gasteiger partial charge in [-0.1, -0.05) is 5.16 Å². The van der Waals surface area contributed by atoms with Crippen LogP contribution in [0.25, 0.3) is 11.4 Å². The SMILES string of the molecule is Cn1ccc(CCc2nc(-c3ccc(=O)n(C)c3)no2)n1. The highest BCUT2D eigenvalue weighted by Crippen LogP contribution is 2.14. The van der Waals surface area contributed by atoms with Gasteiger partial charge >= 0.3 is 0 Å². The zero-order valence-corrected chi connectivity index (χ0v) is 11.9. The summed E-state index contributed by atoms with van der Waals surface area (Å²) < 4.78 is 8.48. The fourth-order valence-electron chi connectivity index (χ4n) is 2.03. The Balaban J connectivity index is 1.73. The van der Waals surface area contributed by atoms with Crippen molar-refractivity contribution in [1.29, 1.82) is 0 Å². The van der Waals surface area contributed by atoms with E-state index in [0.29, 0.717) is 18.1 Å². The molecule has 0 atom stereocenters. The molecule has 3 rings (SSSR count). The molecule has 0 aliphatic heterocycles. The fourth-order valence-corrected chi connectivity index (χ4v) is 2.03. The van der Waals surface area contributed by atoms with Crippen LogP contribution in [0.4, 0.5) is 0 Å². The molecule has 3 aromatic heterocycles. The van der Waals surface area contributed by atoms with E-state index >= 15 is 0 Å². The predicted molar refractivity (Wildman–Crippen MR) is 75.6 cm³/mol. The Bertz CT molecular complexity index is 815. The molecular weight excluding hydrogens is 270 g/mol. The van der Waals surface area contributed by atoms with E-state index < -0.39 is 0 Å². The predicted octanol–water partition coefficient (Wildman–Crippen LogP) is 0.954. The van der Waals surface area contributed by atoms with Crippen LogP contribution in [0.3, 0.4) is 0 Å². The number of aryl methyl sites for hydroxylation is 4. The van der Waals surface area contributed by atoms with Crippen molar-refractivity contribution in [1.82, 2.24) is 24.5 Å². The third-order valence-corrected chi connectivity index (χ3v) is 3.18. The molecule has 0 amide bonds. The maximum absolute atomic E-state index is 11.4. The highest BCUT2D eigenvalue weighted by Gasteiger charge is 2.10. The fraction of sp³-hybridized carbons (Fsp3) is 0.286. The number of hydrogen-bond acceptors (Lipinski definition) is 5. The second kappa shape index (κ2) is 5.35. The van der Waals surface area contributed by atoms with Gasteiger partial charge in [0.25, 0.3) is 0 Å². The van der Waals surface area contributed by atoms with Gasteiger partial charge in [-0.3, -0.25) is 9.48 Å². The van der Waals surface area contributed by atoms with Crippen molar-refractivity contribution in [3.8, 4) is 11.4 Å². The summed E-state index contributed by atoms with van der Waals surface area (Å²) in [6.07, 6.45) is 4.97. The van der Waals surface area contributed by atoms with Gasteiger partial charge < -0.3 is 9.09 Å². The van der Waals surface area contributed by atoms with Gasteiger partial charge in [-0.2, -0.15) is 10.1 Å². The molecule has 7 heteroatoms. The molecule has 7 nitrogen and oxygen atoms in total. The normalized spacial score (nSPS) is 11.0. The molecule has 0 N–H and O–H groups in total. The smallest absolute Gasteiger partial charge is 0.250 e. The largest absolute Gasteiger partial charge is 0.339 e. The summed E-state index contributed by atoms with van der Waals surface area (Å²) in [5.41, 5.74) is 1.67. The number of hydrogen-bond donors (Lipinski definition) is 0. The first-order valence-corrected chi connectivity index (χ1v) is 6.60. The summed E-state index contributed by atoms with van der Waals surface area (Å²) in [5.74, 6) is 1.05. The Hall–Kier alpha value is -2.70. The van der Waals surface area contributed by atoms with Crippen LogP contribution in [0.15, 0.2) is 39.9 Å². The van der Waals surface area contributed by atoms with Gasteiger partial charge in [0.15, 0.2) is 0 Å². The van der Waals surface area contributed by atoms with Gasteiger partial charge in [0.2, 0.25) is 17.3 Å². The van der Waals surface area contributed by atoms with Crippen molar-refractivity contribution < 1.29 is 4.52 Å². The standard InChI is InChI=1S/C14H15N5O2/c1-18-9-10(3-6-13(18)20)14-15-12(21-17-14)5-4-11-7-8-19(2)16-11/h3,6-9H,4-5H2,1-2H3. The average Bonchev–Trinajstić information content (AvgIpc) is 3.08. The summed E-state index contributed by atoms with van der Waals surface area (Å²) in [6.45, 7) is 0. The second-order valence-electron chi connectivity index (χ2n) is 4.86. The van der Waals surface area contributed by atoms with Gasteiger partial charge in [0, 0.05) is 51.0 Å². The molecule has 108 valence electrons. The Kier molecular flexibility index (Phi) is 3.39. The Morgan fingerprint density at radius 3 is 2.76 bits per heavy atom. The zero-order chi connectivity index (χ0) is 14.8. The first-order valence-electron chi connectivity index (χ1n) is 6.60. The molecule has 0 saturated carbocycles. The van der Waals surface area contributed by atoms with Crippen LogP contribution < -0.4 is 5.56 Å². The molecule has 0 aliphatic rings. The third-order valence-electron chi connectivity index (χ3n) is 3.18. The summed E-state index contributed by atoms with van der Waals surface area (Å²) in [7, 11) is 3.57. The van der Waals surface area contributed by atoms with Crippen LogP contribution in [0.2, 0.25) is 0 Å². The van der Waals surface area contributed by atoms with Crippen molar-refractivity contribution >= 4 is 0 Å². The molecule has 0 radical (unpaired) electrons. The molecule has 21 heavy (non-hydrogen) atoms. The minimum absolute atomic E-state index is 0.0716. The third kappa shape index (κ3) is 2.91. The van der Waals surface area contributed by atoms with Crippen molar-refractivity contribution in [2.75, 3.05) is 0 Å². The Morgan fingerprint density at radius 1 is 1.19 bits per heavy atom. The lowest BCUT2D eigenvalue weighted by Crippen LogP contribution is -2.14. The molecule has 0 fully saturated rings. The Labute approximate surface area is 120 Å². The quantitative estimate of drug-likeness (QED) is 0.713. The first-order chi connectivity index (χ1) is 10.1. The summed E-state index contributed by atoms with van der Waals surface area (Å²) in [6, 6.07) is 5.14. The van der Waals surface area contributed by atoms with Gasteiger partial charge in [0.05, 0.1) is 5.69 Å². The molecule has 3 aromatic rings. The molecule has 0 saturated heterocycles. The molecular formula is C14H15N5O2. The zero-order valence-electron chi connectivity index (χ0n) is 11.9. The maximum atomic E-state index is 11.4. The van der Waals surface area contributed by atoms with Gasteiger partial charge in [-0.15, -0.1) is 0 Å². The van der Waals surface area contributed by atoms with E-state index in [0.717, 1.165) is 17.7 Å². The van der Waals surface area contributed by atoms with E-state index in [4.69, 9.17) is 4.52 Å². The first kappa shape index (κ1) is 13.3. The highest BCUT2D eigenvalue weighted by molar-refractivity contribution is 5.52. The summed E-state index contributed by atoms with van der Waals surface area (Å²) in [5, 5.41) is 8.25. The van der Waals surface area contributed by atoms with Crippen LogP contribution in [0.1, 0.15) is 11.6 Å². The van der Waals surface area contributed by atoms with Crippen molar-refractivity contribution in [2.45, 2.75) is 12.8 Å². The average molecular weight is 285 g/mol. The van der Waals surface area contributed by atoms with Crippen LogP contribution in [-0.2, 0) is 26.9 Å². The topological polar surface area (TPSA) is 78.7 Å². The lowest BCUT2D eigenvalue weighted by atomic mass is 10.2. The van der Waals surface area contributed by atoms with Crippen LogP contribution in [0, 0.1) is 0 Å². The van der Waals surface area contributed by atoms with Crippen LogP contribution in [0.5, 0.6) is 0 Å². The van der Waals surface area contributed by atoms with Gasteiger partial charge in [-0.05, 0) is 12.1 Å². The molecule has 0 aliphatic carbocycles.